The first-order valence-electron chi connectivity index (χ1n) is 10.1. The molecule has 1 aromatic heterocycles. The van der Waals surface area contributed by atoms with E-state index in [4.69, 9.17) is 9.15 Å². The number of hydrogen-bond donors (Lipinski definition) is 3. The Kier molecular flexibility index (Phi) is 9.11. The minimum absolute atomic E-state index is 0.0619. The molecule has 0 saturated heterocycles. The molecule has 1 aliphatic rings. The number of rotatable bonds is 9. The minimum Gasteiger partial charge on any atom is -0.459 e. The van der Waals surface area contributed by atoms with Gasteiger partial charge in [0, 0.05) is 6.54 Å². The van der Waals surface area contributed by atoms with Crippen molar-refractivity contribution in [3.63, 3.8) is 0 Å². The van der Waals surface area contributed by atoms with E-state index < -0.39 is 36.5 Å². The first-order valence-corrected chi connectivity index (χ1v) is 10.1. The van der Waals surface area contributed by atoms with Crippen LogP contribution in [0.1, 0.15) is 56.5 Å². The molecule has 0 aliphatic heterocycles. The lowest BCUT2D eigenvalue weighted by Crippen LogP contribution is -2.47. The molecule has 2 rings (SSSR count). The van der Waals surface area contributed by atoms with Crippen LogP contribution in [0.5, 0.6) is 0 Å². The molecular weight excluding hydrogens is 390 g/mol. The number of urea groups is 1. The van der Waals surface area contributed by atoms with Gasteiger partial charge in [-0.15, -0.1) is 0 Å². The normalized spacial score (nSPS) is 14.4. The quantitative estimate of drug-likeness (QED) is 0.416. The van der Waals surface area contributed by atoms with Crippen LogP contribution < -0.4 is 16.0 Å². The largest absolute Gasteiger partial charge is 0.459 e. The standard InChI is InChI=1S/C21H29N3O6/c1-14(2)18(24-19(26)16-9-6-12-29-16)20(27)30-13-17(25)23-21(28)22-11-10-15-7-4-3-5-8-15/h6-7,9,12,14,18H,3-5,8,10-11,13H2,1-2H3,(H,24,26)(H2,22,23,25,28)/t18-/m0/s1. The molecule has 0 aromatic carbocycles. The van der Waals surface area contributed by atoms with E-state index >= 15 is 0 Å². The summed E-state index contributed by atoms with van der Waals surface area (Å²) in [6.07, 6.45) is 8.79. The molecule has 1 aromatic rings. The van der Waals surface area contributed by atoms with Crippen LogP contribution in [0.4, 0.5) is 4.79 Å². The zero-order valence-corrected chi connectivity index (χ0v) is 17.4. The van der Waals surface area contributed by atoms with Gasteiger partial charge >= 0.3 is 12.0 Å². The third-order valence-corrected chi connectivity index (χ3v) is 4.67. The molecule has 9 heteroatoms. The second kappa shape index (κ2) is 11.8. The average Bonchev–Trinajstić information content (AvgIpc) is 3.25. The van der Waals surface area contributed by atoms with Gasteiger partial charge < -0.3 is 19.8 Å². The van der Waals surface area contributed by atoms with Crippen molar-refractivity contribution in [2.24, 2.45) is 5.92 Å². The van der Waals surface area contributed by atoms with E-state index in [1.807, 2.05) is 0 Å². The van der Waals surface area contributed by atoms with Crippen LogP contribution in [-0.4, -0.2) is 43.0 Å². The van der Waals surface area contributed by atoms with Gasteiger partial charge in [0.2, 0.25) is 0 Å². The van der Waals surface area contributed by atoms with Gasteiger partial charge in [0.1, 0.15) is 6.04 Å². The Balaban J connectivity index is 1.70. The summed E-state index contributed by atoms with van der Waals surface area (Å²) in [5, 5.41) is 7.25. The maximum absolute atomic E-state index is 12.3. The minimum atomic E-state index is -0.965. The van der Waals surface area contributed by atoms with Crippen molar-refractivity contribution >= 4 is 23.8 Å². The molecule has 1 aliphatic carbocycles. The zero-order valence-electron chi connectivity index (χ0n) is 17.4. The fourth-order valence-corrected chi connectivity index (χ4v) is 3.02. The fourth-order valence-electron chi connectivity index (χ4n) is 3.02. The molecule has 0 radical (unpaired) electrons. The zero-order chi connectivity index (χ0) is 21.9. The molecule has 0 fully saturated rings. The molecule has 0 spiro atoms. The highest BCUT2D eigenvalue weighted by atomic mass is 16.5. The van der Waals surface area contributed by atoms with Crippen molar-refractivity contribution in [3.05, 3.63) is 35.8 Å². The van der Waals surface area contributed by atoms with E-state index in [0.29, 0.717) is 6.54 Å². The van der Waals surface area contributed by atoms with E-state index in [0.717, 1.165) is 19.3 Å². The molecule has 0 saturated carbocycles. The Morgan fingerprint density at radius 2 is 2.00 bits per heavy atom. The van der Waals surface area contributed by atoms with Crippen molar-refractivity contribution in [3.8, 4) is 0 Å². The van der Waals surface area contributed by atoms with Crippen LogP contribution in [0, 0.1) is 5.92 Å². The topological polar surface area (TPSA) is 127 Å². The van der Waals surface area contributed by atoms with Crippen LogP contribution in [0.15, 0.2) is 34.5 Å². The van der Waals surface area contributed by atoms with E-state index in [2.05, 4.69) is 22.0 Å². The molecule has 3 N–H and O–H groups in total. The predicted octanol–water partition coefficient (Wildman–Crippen LogP) is 2.29. The molecule has 1 heterocycles. The Labute approximate surface area is 175 Å². The van der Waals surface area contributed by atoms with Crippen molar-refractivity contribution < 1.29 is 28.3 Å². The number of hydrogen-bond acceptors (Lipinski definition) is 6. The predicted molar refractivity (Wildman–Crippen MR) is 108 cm³/mol. The lowest BCUT2D eigenvalue weighted by atomic mass is 9.97. The van der Waals surface area contributed by atoms with Crippen molar-refractivity contribution in [1.82, 2.24) is 16.0 Å². The third-order valence-electron chi connectivity index (χ3n) is 4.67. The summed E-state index contributed by atoms with van der Waals surface area (Å²) >= 11 is 0. The highest BCUT2D eigenvalue weighted by Gasteiger charge is 2.27. The lowest BCUT2D eigenvalue weighted by molar-refractivity contribution is -0.151. The first-order chi connectivity index (χ1) is 14.4. The molecule has 9 nitrogen and oxygen atoms in total. The van der Waals surface area contributed by atoms with Crippen LogP contribution in [0.3, 0.4) is 0 Å². The van der Waals surface area contributed by atoms with Gasteiger partial charge in [-0.3, -0.25) is 14.9 Å². The second-order valence-electron chi connectivity index (χ2n) is 7.44. The first kappa shape index (κ1) is 23.2. The van der Waals surface area contributed by atoms with Crippen molar-refractivity contribution in [2.75, 3.05) is 13.2 Å². The van der Waals surface area contributed by atoms with Crippen LogP contribution >= 0.6 is 0 Å². The molecular formula is C21H29N3O6. The van der Waals surface area contributed by atoms with E-state index in [1.165, 1.54) is 30.7 Å². The summed E-state index contributed by atoms with van der Waals surface area (Å²) < 4.78 is 9.95. The molecule has 0 bridgehead atoms. The van der Waals surface area contributed by atoms with Crippen molar-refractivity contribution in [2.45, 2.75) is 52.0 Å². The van der Waals surface area contributed by atoms with Gasteiger partial charge in [0.25, 0.3) is 11.8 Å². The Bertz CT molecular complexity index is 770. The van der Waals surface area contributed by atoms with Gasteiger partial charge in [-0.25, -0.2) is 9.59 Å². The molecule has 1 atom stereocenters. The van der Waals surface area contributed by atoms with Crippen LogP contribution in [0.25, 0.3) is 0 Å². The molecule has 4 amide bonds. The van der Waals surface area contributed by atoms with Gasteiger partial charge in [-0.05, 0) is 50.2 Å². The van der Waals surface area contributed by atoms with Gasteiger partial charge in [-0.1, -0.05) is 25.5 Å². The SMILES string of the molecule is CC(C)[C@H](NC(=O)c1ccco1)C(=O)OCC(=O)NC(=O)NCCC1=CCCCC1. The Morgan fingerprint density at radius 1 is 1.20 bits per heavy atom. The van der Waals surface area contributed by atoms with Gasteiger partial charge in [0.05, 0.1) is 6.26 Å². The summed E-state index contributed by atoms with van der Waals surface area (Å²) in [6, 6.07) is 1.42. The number of carbonyl (C=O) groups is 4. The number of furan rings is 1. The van der Waals surface area contributed by atoms with Crippen molar-refractivity contribution in [1.29, 1.82) is 0 Å². The number of allylic oxidation sites excluding steroid dienone is 1. The number of nitrogens with one attached hydrogen (secondary N) is 3. The maximum atomic E-state index is 12.3. The second-order valence-corrected chi connectivity index (χ2v) is 7.44. The number of esters is 1. The lowest BCUT2D eigenvalue weighted by Gasteiger charge is -2.20. The van der Waals surface area contributed by atoms with Gasteiger partial charge in [-0.2, -0.15) is 0 Å². The summed E-state index contributed by atoms with van der Waals surface area (Å²) in [4.78, 5) is 48.0. The smallest absolute Gasteiger partial charge is 0.329 e. The van der Waals surface area contributed by atoms with E-state index in [1.54, 1.807) is 19.9 Å². The fraction of sp³-hybridized carbons (Fsp3) is 0.524. The van der Waals surface area contributed by atoms with Crippen LogP contribution in [-0.2, 0) is 14.3 Å². The third kappa shape index (κ3) is 7.73. The van der Waals surface area contributed by atoms with E-state index in [-0.39, 0.29) is 11.7 Å². The maximum Gasteiger partial charge on any atom is 0.329 e. The summed E-state index contributed by atoms with van der Waals surface area (Å²) in [5.41, 5.74) is 1.32. The highest BCUT2D eigenvalue weighted by Crippen LogP contribution is 2.19. The highest BCUT2D eigenvalue weighted by molar-refractivity contribution is 5.97. The van der Waals surface area contributed by atoms with Crippen LogP contribution in [0.2, 0.25) is 0 Å². The Morgan fingerprint density at radius 3 is 2.63 bits per heavy atom. The molecule has 0 unspecified atom stereocenters. The molecule has 164 valence electrons. The van der Waals surface area contributed by atoms with E-state index in [9.17, 15) is 19.2 Å². The number of carbonyl (C=O) groups excluding carboxylic acids is 4. The Hall–Kier alpha value is -3.10. The number of imide groups is 1. The number of amides is 4. The van der Waals surface area contributed by atoms with Gasteiger partial charge in [0.15, 0.2) is 12.4 Å². The summed E-state index contributed by atoms with van der Waals surface area (Å²) in [7, 11) is 0. The molecule has 30 heavy (non-hydrogen) atoms. The number of ether oxygens (including phenoxy) is 1. The summed E-state index contributed by atoms with van der Waals surface area (Å²) in [6.45, 7) is 3.25. The summed E-state index contributed by atoms with van der Waals surface area (Å²) in [5.74, 6) is -2.31. The monoisotopic (exact) mass is 419 g/mol. The average molecular weight is 419 g/mol.